The number of carbonyl (C=O) groups is 1. The van der Waals surface area contributed by atoms with E-state index in [2.05, 4.69) is 43.7 Å². The van der Waals surface area contributed by atoms with Crippen molar-refractivity contribution in [1.82, 2.24) is 20.2 Å². The van der Waals surface area contributed by atoms with Gasteiger partial charge in [-0.1, -0.05) is 30.3 Å². The lowest BCUT2D eigenvalue weighted by atomic mass is 10.00. The van der Waals surface area contributed by atoms with Crippen molar-refractivity contribution in [2.45, 2.75) is 25.6 Å². The zero-order valence-corrected chi connectivity index (χ0v) is 17.4. The second-order valence-corrected chi connectivity index (χ2v) is 7.76. The van der Waals surface area contributed by atoms with E-state index < -0.39 is 6.10 Å². The molecule has 7 heteroatoms. The van der Waals surface area contributed by atoms with Gasteiger partial charge in [0.1, 0.15) is 5.82 Å². The predicted molar refractivity (Wildman–Crippen MR) is 120 cm³/mol. The minimum atomic E-state index is -0.626. The second-order valence-electron chi connectivity index (χ2n) is 7.76. The number of β-amino-alcohol motifs (C(OH)–C–C–N with tert-alkyl or cyclic N) is 1. The third-order valence-corrected chi connectivity index (χ3v) is 5.40. The van der Waals surface area contributed by atoms with Crippen LogP contribution in [0.1, 0.15) is 27.0 Å². The first-order valence-corrected chi connectivity index (χ1v) is 10.5. The molecule has 3 aromatic rings. The topological polar surface area (TPSA) is 90.4 Å². The van der Waals surface area contributed by atoms with Crippen LogP contribution in [-0.4, -0.2) is 51.6 Å². The van der Waals surface area contributed by atoms with Gasteiger partial charge >= 0.3 is 0 Å². The molecule has 3 heterocycles. The van der Waals surface area contributed by atoms with Gasteiger partial charge < -0.3 is 15.7 Å². The predicted octanol–water partition coefficient (Wildman–Crippen LogP) is 2.24. The number of hydrogen-bond donors (Lipinski definition) is 3. The maximum atomic E-state index is 12.5. The average Bonchev–Trinajstić information content (AvgIpc) is 2.82. The summed E-state index contributed by atoms with van der Waals surface area (Å²) < 4.78 is 0. The molecule has 4 rings (SSSR count). The maximum absolute atomic E-state index is 12.5. The maximum Gasteiger partial charge on any atom is 0.251 e. The Hall–Kier alpha value is -3.29. The lowest BCUT2D eigenvalue weighted by Crippen LogP contribution is -2.42. The van der Waals surface area contributed by atoms with Gasteiger partial charge in [0.05, 0.1) is 6.10 Å². The number of nitrogens with one attached hydrogen (secondary N) is 2. The molecular weight excluding hydrogens is 390 g/mol. The van der Waals surface area contributed by atoms with E-state index in [-0.39, 0.29) is 12.5 Å². The molecule has 1 aliphatic heterocycles. The lowest BCUT2D eigenvalue weighted by molar-refractivity contribution is 0.0842. The van der Waals surface area contributed by atoms with Gasteiger partial charge in [-0.25, -0.2) is 4.98 Å². The number of anilines is 1. The van der Waals surface area contributed by atoms with Crippen molar-refractivity contribution >= 4 is 11.7 Å². The van der Waals surface area contributed by atoms with E-state index in [4.69, 9.17) is 0 Å². The number of fused-ring (bicyclic) bond motifs is 1. The average molecular weight is 418 g/mol. The van der Waals surface area contributed by atoms with Crippen LogP contribution in [0.4, 0.5) is 5.82 Å². The number of nitrogens with zero attached hydrogens (tertiary/aromatic N) is 3. The molecule has 1 aliphatic rings. The molecule has 160 valence electrons. The Morgan fingerprint density at radius 2 is 2.00 bits per heavy atom. The Balaban J connectivity index is 1.25. The molecule has 7 nitrogen and oxygen atoms in total. The Morgan fingerprint density at radius 3 is 2.84 bits per heavy atom. The Bertz CT molecular complexity index is 1010. The zero-order valence-electron chi connectivity index (χ0n) is 17.4. The quantitative estimate of drug-likeness (QED) is 0.521. The van der Waals surface area contributed by atoms with Gasteiger partial charge in [-0.05, 0) is 41.3 Å². The molecule has 2 aromatic heterocycles. The third kappa shape index (κ3) is 5.87. The van der Waals surface area contributed by atoms with Crippen molar-refractivity contribution in [2.75, 3.05) is 25.0 Å². The number of aliphatic hydroxyl groups is 1. The molecule has 0 saturated heterocycles. The molecule has 0 fully saturated rings. The Morgan fingerprint density at radius 1 is 1.13 bits per heavy atom. The number of pyridine rings is 2. The molecule has 1 aromatic carbocycles. The SMILES string of the molecule is O=C(NC[C@H](O)CN1CCc2ccccc2C1)c1ccnc(NCc2cccnc2)c1. The van der Waals surface area contributed by atoms with Crippen molar-refractivity contribution in [2.24, 2.45) is 0 Å². The van der Waals surface area contributed by atoms with E-state index in [1.807, 2.05) is 18.2 Å². The number of hydrogen-bond acceptors (Lipinski definition) is 6. The number of aromatic nitrogens is 2. The van der Waals surface area contributed by atoms with Crippen molar-refractivity contribution in [3.05, 3.63) is 89.4 Å². The number of amides is 1. The fraction of sp³-hybridized carbons (Fsp3) is 0.292. The molecule has 0 unspecified atom stereocenters. The molecule has 0 radical (unpaired) electrons. The monoisotopic (exact) mass is 417 g/mol. The molecular formula is C24H27N5O2. The fourth-order valence-electron chi connectivity index (χ4n) is 3.75. The first-order valence-electron chi connectivity index (χ1n) is 10.5. The molecule has 0 saturated carbocycles. The highest BCUT2D eigenvalue weighted by molar-refractivity contribution is 5.94. The number of rotatable bonds is 8. The zero-order chi connectivity index (χ0) is 21.5. The van der Waals surface area contributed by atoms with Crippen molar-refractivity contribution < 1.29 is 9.90 Å². The first kappa shape index (κ1) is 21.0. The van der Waals surface area contributed by atoms with Gasteiger partial charge in [0.15, 0.2) is 0 Å². The molecule has 0 bridgehead atoms. The third-order valence-electron chi connectivity index (χ3n) is 5.40. The molecule has 31 heavy (non-hydrogen) atoms. The van der Waals surface area contributed by atoms with Crippen LogP contribution >= 0.6 is 0 Å². The van der Waals surface area contributed by atoms with Gasteiger partial charge in [-0.2, -0.15) is 0 Å². The van der Waals surface area contributed by atoms with E-state index in [9.17, 15) is 9.90 Å². The van der Waals surface area contributed by atoms with Crippen molar-refractivity contribution in [1.29, 1.82) is 0 Å². The fourth-order valence-corrected chi connectivity index (χ4v) is 3.75. The van der Waals surface area contributed by atoms with Crippen LogP contribution in [-0.2, 0) is 19.5 Å². The largest absolute Gasteiger partial charge is 0.390 e. The smallest absolute Gasteiger partial charge is 0.251 e. The Labute approximate surface area is 182 Å². The number of benzene rings is 1. The summed E-state index contributed by atoms with van der Waals surface area (Å²) in [4.78, 5) is 23.1. The summed E-state index contributed by atoms with van der Waals surface area (Å²) in [6.07, 6.45) is 5.47. The van der Waals surface area contributed by atoms with E-state index in [0.717, 1.165) is 25.1 Å². The molecule has 1 amide bonds. The number of carbonyl (C=O) groups excluding carboxylic acids is 1. The van der Waals surface area contributed by atoms with Crippen molar-refractivity contribution in [3.63, 3.8) is 0 Å². The first-order chi connectivity index (χ1) is 15.2. The summed E-state index contributed by atoms with van der Waals surface area (Å²) >= 11 is 0. The van der Waals surface area contributed by atoms with Crippen LogP contribution in [0.25, 0.3) is 0 Å². The minimum Gasteiger partial charge on any atom is -0.390 e. The number of aliphatic hydroxyl groups excluding tert-OH is 1. The summed E-state index contributed by atoms with van der Waals surface area (Å²) in [6, 6.07) is 15.6. The van der Waals surface area contributed by atoms with Gasteiger partial charge in [0.2, 0.25) is 0 Å². The van der Waals surface area contributed by atoms with Crippen molar-refractivity contribution in [3.8, 4) is 0 Å². The summed E-state index contributed by atoms with van der Waals surface area (Å²) in [6.45, 7) is 3.06. The van der Waals surface area contributed by atoms with Gasteiger partial charge in [-0.3, -0.25) is 14.7 Å². The van der Waals surface area contributed by atoms with Gasteiger partial charge in [-0.15, -0.1) is 0 Å². The summed E-state index contributed by atoms with van der Waals surface area (Å²) in [5, 5.41) is 16.4. The highest BCUT2D eigenvalue weighted by Gasteiger charge is 2.19. The molecule has 0 aliphatic carbocycles. The normalized spacial score (nSPS) is 14.5. The lowest BCUT2D eigenvalue weighted by Gasteiger charge is -2.30. The van der Waals surface area contributed by atoms with Crippen LogP contribution in [0.2, 0.25) is 0 Å². The highest BCUT2D eigenvalue weighted by Crippen LogP contribution is 2.18. The van der Waals surface area contributed by atoms with E-state index >= 15 is 0 Å². The van der Waals surface area contributed by atoms with E-state index in [0.29, 0.717) is 24.5 Å². The van der Waals surface area contributed by atoms with Crippen LogP contribution in [0.5, 0.6) is 0 Å². The summed E-state index contributed by atoms with van der Waals surface area (Å²) in [5.41, 5.74) is 4.23. The summed E-state index contributed by atoms with van der Waals surface area (Å²) in [7, 11) is 0. The van der Waals surface area contributed by atoms with Crippen LogP contribution in [0, 0.1) is 0 Å². The standard InChI is InChI=1S/C24H27N5O2/c30-22(17-29-11-8-19-5-1-2-6-21(19)16-29)15-28-24(31)20-7-10-26-23(12-20)27-14-18-4-3-9-25-13-18/h1-7,9-10,12-13,22,30H,8,11,14-17H2,(H,26,27)(H,28,31)/t22-/m0/s1. The molecule has 0 spiro atoms. The van der Waals surface area contributed by atoms with Crippen LogP contribution < -0.4 is 10.6 Å². The highest BCUT2D eigenvalue weighted by atomic mass is 16.3. The van der Waals surface area contributed by atoms with Gasteiger partial charge in [0.25, 0.3) is 5.91 Å². The van der Waals surface area contributed by atoms with Gasteiger partial charge in [0, 0.05) is 56.9 Å². The Kier molecular flexibility index (Phi) is 6.86. The van der Waals surface area contributed by atoms with Crippen LogP contribution in [0.3, 0.4) is 0 Å². The molecule has 1 atom stereocenters. The second kappa shape index (κ2) is 10.1. The molecule has 3 N–H and O–H groups in total. The van der Waals surface area contributed by atoms with E-state index in [1.165, 1.54) is 11.1 Å². The summed E-state index contributed by atoms with van der Waals surface area (Å²) in [5.74, 6) is 0.388. The van der Waals surface area contributed by atoms with Crippen LogP contribution in [0.15, 0.2) is 67.1 Å². The van der Waals surface area contributed by atoms with E-state index in [1.54, 1.807) is 30.7 Å². The minimum absolute atomic E-state index is 0.206.